The second-order valence-corrected chi connectivity index (χ2v) is 6.60. The summed E-state index contributed by atoms with van der Waals surface area (Å²) in [7, 11) is 3.64. The summed E-state index contributed by atoms with van der Waals surface area (Å²) in [5, 5.41) is 6.27. The minimum atomic E-state index is -0.242. The molecule has 1 N–H and O–H groups in total. The van der Waals surface area contributed by atoms with Crippen molar-refractivity contribution in [3.63, 3.8) is 0 Å². The van der Waals surface area contributed by atoms with Crippen LogP contribution in [0.4, 0.5) is 4.39 Å². The molecule has 0 saturated heterocycles. The highest BCUT2D eigenvalue weighted by atomic mass is 127. The van der Waals surface area contributed by atoms with Crippen LogP contribution in [0.15, 0.2) is 34.6 Å². The molecule has 0 spiro atoms. The first-order chi connectivity index (χ1) is 12.0. The van der Waals surface area contributed by atoms with Crippen LogP contribution < -0.4 is 5.32 Å². The first kappa shape index (κ1) is 22.8. The number of halogens is 2. The van der Waals surface area contributed by atoms with Crippen LogP contribution in [0.3, 0.4) is 0 Å². The second-order valence-electron chi connectivity index (χ2n) is 5.71. The van der Waals surface area contributed by atoms with Crippen LogP contribution in [0.2, 0.25) is 0 Å². The fraction of sp³-hybridized carbons (Fsp3) is 0.444. The van der Waals surface area contributed by atoms with E-state index < -0.39 is 0 Å². The fourth-order valence-electron chi connectivity index (χ4n) is 2.27. The summed E-state index contributed by atoms with van der Waals surface area (Å²) < 4.78 is 18.6. The number of thiazole rings is 1. The van der Waals surface area contributed by atoms with Crippen molar-refractivity contribution in [3.8, 4) is 0 Å². The first-order valence-electron chi connectivity index (χ1n) is 8.24. The molecule has 0 aliphatic rings. The van der Waals surface area contributed by atoms with Crippen LogP contribution in [0.5, 0.6) is 0 Å². The van der Waals surface area contributed by atoms with Crippen molar-refractivity contribution in [3.05, 3.63) is 51.7 Å². The van der Waals surface area contributed by atoms with E-state index in [1.54, 1.807) is 24.5 Å². The van der Waals surface area contributed by atoms with Crippen molar-refractivity contribution in [2.75, 3.05) is 20.7 Å². The van der Waals surface area contributed by atoms with Crippen molar-refractivity contribution in [2.45, 2.75) is 33.0 Å². The van der Waals surface area contributed by atoms with Gasteiger partial charge in [0.2, 0.25) is 0 Å². The molecule has 0 radical (unpaired) electrons. The largest absolute Gasteiger partial charge is 0.375 e. The van der Waals surface area contributed by atoms with Crippen molar-refractivity contribution >= 4 is 41.3 Å². The van der Waals surface area contributed by atoms with Crippen molar-refractivity contribution in [1.82, 2.24) is 15.2 Å². The Hall–Kier alpha value is -1.26. The number of methoxy groups -OCH3 is 1. The SMILES string of the molecule is CCNC(=NCc1cccc(F)c1)N(C)Cc1csc(C(C)OC)n1.I. The number of rotatable bonds is 7. The molecule has 26 heavy (non-hydrogen) atoms. The lowest BCUT2D eigenvalue weighted by atomic mass is 10.2. The van der Waals surface area contributed by atoms with Gasteiger partial charge in [-0.3, -0.25) is 0 Å². The number of hydrogen-bond acceptors (Lipinski definition) is 4. The molecule has 1 heterocycles. The smallest absolute Gasteiger partial charge is 0.194 e. The standard InChI is InChI=1S/C18H25FN4OS.HI/c1-5-20-18(21-10-14-7-6-8-15(19)9-14)23(3)11-16-12-25-17(22-16)13(2)24-4;/h6-9,12-13H,5,10-11H2,1-4H3,(H,20,21);1H. The van der Waals surface area contributed by atoms with Crippen LogP contribution in [-0.2, 0) is 17.8 Å². The topological polar surface area (TPSA) is 49.8 Å². The zero-order valence-corrected chi connectivity index (χ0v) is 18.7. The minimum Gasteiger partial charge on any atom is -0.375 e. The average Bonchev–Trinajstić information content (AvgIpc) is 3.06. The summed E-state index contributed by atoms with van der Waals surface area (Å²) in [6, 6.07) is 6.51. The van der Waals surface area contributed by atoms with Crippen molar-refractivity contribution in [1.29, 1.82) is 0 Å². The Bertz CT molecular complexity index is 710. The van der Waals surface area contributed by atoms with E-state index >= 15 is 0 Å². The molecule has 2 aromatic rings. The van der Waals surface area contributed by atoms with Gasteiger partial charge in [0, 0.05) is 26.1 Å². The average molecular weight is 492 g/mol. The zero-order chi connectivity index (χ0) is 18.2. The van der Waals surface area contributed by atoms with E-state index in [-0.39, 0.29) is 35.9 Å². The molecular formula is C18H26FIN4OS. The number of benzene rings is 1. The Morgan fingerprint density at radius 3 is 2.88 bits per heavy atom. The Balaban J connectivity index is 0.00000338. The first-order valence-corrected chi connectivity index (χ1v) is 9.12. The predicted octanol–water partition coefficient (Wildman–Crippen LogP) is 4.21. The van der Waals surface area contributed by atoms with Gasteiger partial charge in [0.15, 0.2) is 5.96 Å². The van der Waals surface area contributed by atoms with Crippen LogP contribution >= 0.6 is 35.3 Å². The van der Waals surface area contributed by atoms with Gasteiger partial charge in [-0.2, -0.15) is 0 Å². The zero-order valence-electron chi connectivity index (χ0n) is 15.5. The predicted molar refractivity (Wildman–Crippen MR) is 116 cm³/mol. The van der Waals surface area contributed by atoms with E-state index in [1.165, 1.54) is 12.1 Å². The molecule has 0 aliphatic carbocycles. The third kappa shape index (κ3) is 6.81. The van der Waals surface area contributed by atoms with Gasteiger partial charge in [-0.05, 0) is 31.5 Å². The summed E-state index contributed by atoms with van der Waals surface area (Å²) in [6.45, 7) is 5.83. The molecular weight excluding hydrogens is 466 g/mol. The Labute approximate surface area is 175 Å². The lowest BCUT2D eigenvalue weighted by molar-refractivity contribution is 0.119. The summed E-state index contributed by atoms with van der Waals surface area (Å²) in [4.78, 5) is 11.2. The number of nitrogens with one attached hydrogen (secondary N) is 1. The van der Waals surface area contributed by atoms with Crippen LogP contribution in [0.1, 0.15) is 36.2 Å². The van der Waals surface area contributed by atoms with Gasteiger partial charge in [0.05, 0.1) is 18.8 Å². The minimum absolute atomic E-state index is 0. The highest BCUT2D eigenvalue weighted by Gasteiger charge is 2.12. The molecule has 1 aromatic carbocycles. The Morgan fingerprint density at radius 2 is 2.23 bits per heavy atom. The third-order valence-electron chi connectivity index (χ3n) is 3.67. The van der Waals surface area contributed by atoms with E-state index in [2.05, 4.69) is 15.3 Å². The third-order valence-corrected chi connectivity index (χ3v) is 4.72. The van der Waals surface area contributed by atoms with Crippen LogP contribution in [0, 0.1) is 5.82 Å². The van der Waals surface area contributed by atoms with Crippen molar-refractivity contribution in [2.24, 2.45) is 4.99 Å². The molecule has 1 aromatic heterocycles. The van der Waals surface area contributed by atoms with Crippen LogP contribution in [-0.4, -0.2) is 36.5 Å². The van der Waals surface area contributed by atoms with E-state index in [9.17, 15) is 4.39 Å². The number of nitrogens with zero attached hydrogens (tertiary/aromatic N) is 3. The Morgan fingerprint density at radius 1 is 1.46 bits per heavy atom. The number of guanidine groups is 1. The van der Waals surface area contributed by atoms with Gasteiger partial charge in [-0.1, -0.05) is 12.1 Å². The van der Waals surface area contributed by atoms with E-state index in [0.717, 1.165) is 28.8 Å². The van der Waals surface area contributed by atoms with Gasteiger partial charge < -0.3 is 15.0 Å². The van der Waals surface area contributed by atoms with Gasteiger partial charge >= 0.3 is 0 Å². The lowest BCUT2D eigenvalue weighted by Crippen LogP contribution is -2.38. The maximum atomic E-state index is 13.3. The van der Waals surface area contributed by atoms with Crippen LogP contribution in [0.25, 0.3) is 0 Å². The highest BCUT2D eigenvalue weighted by Crippen LogP contribution is 2.21. The molecule has 1 unspecified atom stereocenters. The van der Waals surface area contributed by atoms with Crippen molar-refractivity contribution < 1.29 is 9.13 Å². The van der Waals surface area contributed by atoms with Gasteiger partial charge in [-0.15, -0.1) is 35.3 Å². The van der Waals surface area contributed by atoms with E-state index in [1.807, 2.05) is 37.2 Å². The molecule has 0 saturated carbocycles. The second kappa shape index (κ2) is 11.5. The molecule has 0 amide bonds. The number of ether oxygens (including phenoxy) is 1. The molecule has 0 fully saturated rings. The number of hydrogen-bond donors (Lipinski definition) is 1. The molecule has 8 heteroatoms. The number of aromatic nitrogens is 1. The molecule has 0 aliphatic heterocycles. The molecule has 2 rings (SSSR count). The van der Waals surface area contributed by atoms with Gasteiger partial charge in [0.25, 0.3) is 0 Å². The summed E-state index contributed by atoms with van der Waals surface area (Å²) >= 11 is 1.60. The fourth-order valence-corrected chi connectivity index (χ4v) is 3.11. The normalized spacial score (nSPS) is 12.4. The molecule has 5 nitrogen and oxygen atoms in total. The molecule has 144 valence electrons. The summed E-state index contributed by atoms with van der Waals surface area (Å²) in [5.41, 5.74) is 1.82. The van der Waals surface area contributed by atoms with E-state index in [4.69, 9.17) is 4.74 Å². The maximum Gasteiger partial charge on any atom is 0.194 e. The monoisotopic (exact) mass is 492 g/mol. The maximum absolute atomic E-state index is 13.3. The quantitative estimate of drug-likeness (QED) is 0.358. The molecule has 0 bridgehead atoms. The van der Waals surface area contributed by atoms with Gasteiger partial charge in [0.1, 0.15) is 16.9 Å². The Kier molecular flexibility index (Phi) is 10.0. The summed E-state index contributed by atoms with van der Waals surface area (Å²) in [6.07, 6.45) is -0.000984. The summed E-state index contributed by atoms with van der Waals surface area (Å²) in [5.74, 6) is 0.523. The highest BCUT2D eigenvalue weighted by molar-refractivity contribution is 14.0. The number of aliphatic imine (C=N–C) groups is 1. The molecule has 1 atom stereocenters. The van der Waals surface area contributed by atoms with E-state index in [0.29, 0.717) is 13.1 Å². The lowest BCUT2D eigenvalue weighted by Gasteiger charge is -2.21. The van der Waals surface area contributed by atoms with Gasteiger partial charge in [-0.25, -0.2) is 14.4 Å².